The van der Waals surface area contributed by atoms with Gasteiger partial charge in [-0.05, 0) is 24.3 Å². The molecule has 1 aromatic carbocycles. The monoisotopic (exact) mass is 320 g/mol. The third-order valence-corrected chi connectivity index (χ3v) is 3.33. The van der Waals surface area contributed by atoms with Crippen molar-refractivity contribution < 1.29 is 26.9 Å². The van der Waals surface area contributed by atoms with Crippen molar-refractivity contribution in [3.63, 3.8) is 0 Å². The molecule has 4 nitrogen and oxygen atoms in total. The fraction of sp³-hybridized carbons (Fsp3) is 0.250. The quantitative estimate of drug-likeness (QED) is 0.625. The van der Waals surface area contributed by atoms with Gasteiger partial charge in [-0.15, -0.1) is 11.8 Å². The van der Waals surface area contributed by atoms with Gasteiger partial charge in [0.2, 0.25) is 11.7 Å². The predicted molar refractivity (Wildman–Crippen MR) is 65.0 cm³/mol. The number of hydrogen-bond acceptors (Lipinski definition) is 5. The smallest absolute Gasteiger partial charge is 0.339 e. The van der Waals surface area contributed by atoms with Crippen molar-refractivity contribution in [2.75, 3.05) is 0 Å². The number of thioether (sulfide) groups is 1. The molecular formula is C12H8F4N2O2S. The van der Waals surface area contributed by atoms with E-state index in [1.807, 2.05) is 0 Å². The summed E-state index contributed by atoms with van der Waals surface area (Å²) in [6, 6.07) is 5.67. The minimum Gasteiger partial charge on any atom is -0.339 e. The van der Waals surface area contributed by atoms with Crippen LogP contribution in [0.25, 0.3) is 0 Å². The Morgan fingerprint density at radius 2 is 1.90 bits per heavy atom. The molecule has 0 bridgehead atoms. The second kappa shape index (κ2) is 6.25. The highest BCUT2D eigenvalue weighted by Crippen LogP contribution is 2.22. The van der Waals surface area contributed by atoms with Gasteiger partial charge in [-0.2, -0.15) is 18.2 Å². The van der Waals surface area contributed by atoms with Crippen molar-refractivity contribution in [2.24, 2.45) is 0 Å². The van der Waals surface area contributed by atoms with E-state index < -0.39 is 18.4 Å². The first-order valence-corrected chi connectivity index (χ1v) is 6.63. The molecule has 0 aliphatic rings. The summed E-state index contributed by atoms with van der Waals surface area (Å²) in [7, 11) is 0. The van der Waals surface area contributed by atoms with Crippen LogP contribution in [0.4, 0.5) is 17.6 Å². The van der Waals surface area contributed by atoms with Crippen LogP contribution in [0.5, 0.6) is 0 Å². The fourth-order valence-corrected chi connectivity index (χ4v) is 2.08. The first-order chi connectivity index (χ1) is 9.84. The van der Waals surface area contributed by atoms with Crippen molar-refractivity contribution in [1.29, 1.82) is 0 Å². The number of hydrogen-bond donors (Lipinski definition) is 0. The van der Waals surface area contributed by atoms with E-state index in [2.05, 4.69) is 14.7 Å². The molecule has 21 heavy (non-hydrogen) atoms. The number of alkyl halides is 3. The SMILES string of the molecule is O=C(Cc1nc(CSc2ccc(F)cc2)no1)C(F)(F)F. The van der Waals surface area contributed by atoms with Gasteiger partial charge in [0.05, 0.1) is 12.2 Å². The van der Waals surface area contributed by atoms with Crippen molar-refractivity contribution in [3.05, 3.63) is 41.8 Å². The van der Waals surface area contributed by atoms with E-state index in [0.29, 0.717) is 0 Å². The molecular weight excluding hydrogens is 312 g/mol. The molecule has 112 valence electrons. The van der Waals surface area contributed by atoms with Crippen molar-refractivity contribution >= 4 is 17.5 Å². The van der Waals surface area contributed by atoms with Crippen molar-refractivity contribution in [1.82, 2.24) is 10.1 Å². The second-order valence-corrected chi connectivity index (χ2v) is 4.99. The number of aromatic nitrogens is 2. The lowest BCUT2D eigenvalue weighted by Gasteiger charge is -2.00. The molecule has 0 spiro atoms. The van der Waals surface area contributed by atoms with E-state index in [4.69, 9.17) is 0 Å². The zero-order valence-electron chi connectivity index (χ0n) is 10.4. The largest absolute Gasteiger partial charge is 0.450 e. The number of nitrogens with zero attached hydrogens (tertiary/aromatic N) is 2. The fourth-order valence-electron chi connectivity index (χ4n) is 1.34. The Bertz CT molecular complexity index is 625. The molecule has 0 saturated heterocycles. The van der Waals surface area contributed by atoms with Crippen LogP contribution in [0.3, 0.4) is 0 Å². The van der Waals surface area contributed by atoms with E-state index >= 15 is 0 Å². The maximum atomic E-state index is 12.7. The summed E-state index contributed by atoms with van der Waals surface area (Å²) in [5.74, 6) is -2.30. The average molecular weight is 320 g/mol. The first kappa shape index (κ1) is 15.5. The van der Waals surface area contributed by atoms with Crippen LogP contribution < -0.4 is 0 Å². The third-order valence-electron chi connectivity index (χ3n) is 2.32. The summed E-state index contributed by atoms with van der Waals surface area (Å²) in [6.07, 6.45) is -5.89. The summed E-state index contributed by atoms with van der Waals surface area (Å²) < 4.78 is 53.5. The van der Waals surface area contributed by atoms with Crippen LogP contribution in [-0.2, 0) is 17.0 Å². The summed E-state index contributed by atoms with van der Waals surface area (Å²) in [6.45, 7) is 0. The van der Waals surface area contributed by atoms with Crippen LogP contribution in [0.2, 0.25) is 0 Å². The lowest BCUT2D eigenvalue weighted by atomic mass is 10.3. The van der Waals surface area contributed by atoms with E-state index in [0.717, 1.165) is 4.90 Å². The Morgan fingerprint density at radius 3 is 2.52 bits per heavy atom. The molecule has 0 aliphatic carbocycles. The van der Waals surface area contributed by atoms with Crippen LogP contribution in [0, 0.1) is 5.82 Å². The number of benzene rings is 1. The molecule has 0 unspecified atom stereocenters. The zero-order chi connectivity index (χ0) is 15.5. The molecule has 1 aromatic heterocycles. The van der Waals surface area contributed by atoms with Gasteiger partial charge in [-0.3, -0.25) is 4.79 Å². The maximum absolute atomic E-state index is 12.7. The van der Waals surface area contributed by atoms with E-state index in [1.54, 1.807) is 12.1 Å². The zero-order valence-corrected chi connectivity index (χ0v) is 11.2. The van der Waals surface area contributed by atoms with Crippen LogP contribution in [-0.4, -0.2) is 22.1 Å². The number of halogens is 4. The molecule has 1 heterocycles. The topological polar surface area (TPSA) is 56.0 Å². The first-order valence-electron chi connectivity index (χ1n) is 5.64. The van der Waals surface area contributed by atoms with Crippen molar-refractivity contribution in [2.45, 2.75) is 23.2 Å². The van der Waals surface area contributed by atoms with Gasteiger partial charge in [0, 0.05) is 4.90 Å². The van der Waals surface area contributed by atoms with Gasteiger partial charge in [-0.25, -0.2) is 4.39 Å². The maximum Gasteiger partial charge on any atom is 0.450 e. The summed E-state index contributed by atoms with van der Waals surface area (Å²) in [4.78, 5) is 15.2. The highest BCUT2D eigenvalue weighted by molar-refractivity contribution is 7.98. The highest BCUT2D eigenvalue weighted by Gasteiger charge is 2.39. The second-order valence-electron chi connectivity index (χ2n) is 3.94. The number of carbonyl (C=O) groups is 1. The number of carbonyl (C=O) groups excluding carboxylic acids is 1. The van der Waals surface area contributed by atoms with Crippen molar-refractivity contribution in [3.8, 4) is 0 Å². The minimum absolute atomic E-state index is 0.161. The molecule has 2 rings (SSSR count). The lowest BCUT2D eigenvalue weighted by molar-refractivity contribution is -0.170. The molecule has 0 N–H and O–H groups in total. The van der Waals surface area contributed by atoms with Crippen LogP contribution in [0.1, 0.15) is 11.7 Å². The lowest BCUT2D eigenvalue weighted by Crippen LogP contribution is -2.24. The van der Waals surface area contributed by atoms with Crippen LogP contribution >= 0.6 is 11.8 Å². The minimum atomic E-state index is -4.92. The molecule has 0 saturated carbocycles. The Morgan fingerprint density at radius 1 is 1.24 bits per heavy atom. The van der Waals surface area contributed by atoms with Crippen LogP contribution in [0.15, 0.2) is 33.7 Å². The predicted octanol–water partition coefficient (Wildman–Crippen LogP) is 3.17. The molecule has 0 aliphatic heterocycles. The summed E-state index contributed by atoms with van der Waals surface area (Å²) in [5, 5.41) is 3.48. The molecule has 0 radical (unpaired) electrons. The summed E-state index contributed by atoms with van der Waals surface area (Å²) >= 11 is 1.26. The van der Waals surface area contributed by atoms with Gasteiger partial charge in [0.25, 0.3) is 0 Å². The molecule has 2 aromatic rings. The molecule has 9 heteroatoms. The highest BCUT2D eigenvalue weighted by atomic mass is 32.2. The average Bonchev–Trinajstić information content (AvgIpc) is 2.85. The van der Waals surface area contributed by atoms with E-state index in [9.17, 15) is 22.4 Å². The number of ketones is 1. The number of Topliss-reactive ketones (excluding diaryl/α,β-unsaturated/α-hetero) is 1. The molecule has 0 fully saturated rings. The summed E-state index contributed by atoms with van der Waals surface area (Å²) in [5.41, 5.74) is 0. The van der Waals surface area contributed by atoms with Gasteiger partial charge < -0.3 is 4.52 Å². The molecule has 0 amide bonds. The van der Waals surface area contributed by atoms with Gasteiger partial charge >= 0.3 is 6.18 Å². The normalized spacial score (nSPS) is 11.6. The van der Waals surface area contributed by atoms with Gasteiger partial charge in [0.15, 0.2) is 5.82 Å². The Labute approximate surface area is 120 Å². The van der Waals surface area contributed by atoms with E-state index in [-0.39, 0.29) is 23.3 Å². The van der Waals surface area contributed by atoms with Gasteiger partial charge in [-0.1, -0.05) is 5.16 Å². The number of rotatable bonds is 5. The Balaban J connectivity index is 1.91. The van der Waals surface area contributed by atoms with Gasteiger partial charge in [0.1, 0.15) is 5.82 Å². The Hall–Kier alpha value is -1.90. The third kappa shape index (κ3) is 4.55. The Kier molecular flexibility index (Phi) is 4.61. The standard InChI is InChI=1S/C12H8F4N2O2S/c13-7-1-3-8(4-2-7)21-6-10-17-11(20-18-10)5-9(19)12(14,15)16/h1-4H,5-6H2. The van der Waals surface area contributed by atoms with E-state index in [1.165, 1.54) is 23.9 Å². The molecule has 0 atom stereocenters.